The predicted octanol–water partition coefficient (Wildman–Crippen LogP) is 1.17. The lowest BCUT2D eigenvalue weighted by molar-refractivity contribution is -0.104. The number of nitrogens with zero attached hydrogens (tertiary/aromatic N) is 2. The maximum atomic E-state index is 6.10. The lowest BCUT2D eigenvalue weighted by Crippen LogP contribution is -2.57. The molecular formula is C16H31N3O. The molecule has 0 spiro atoms. The smallest absolute Gasteiger partial charge is 0.0745 e. The van der Waals surface area contributed by atoms with Crippen LogP contribution in [0.4, 0.5) is 0 Å². The molecular weight excluding hydrogens is 250 g/mol. The van der Waals surface area contributed by atoms with E-state index in [1.54, 1.807) is 0 Å². The van der Waals surface area contributed by atoms with E-state index in [2.05, 4.69) is 29.2 Å². The van der Waals surface area contributed by atoms with E-state index < -0.39 is 0 Å². The van der Waals surface area contributed by atoms with Gasteiger partial charge in [0.1, 0.15) is 0 Å². The Kier molecular flexibility index (Phi) is 4.97. The van der Waals surface area contributed by atoms with E-state index in [-0.39, 0.29) is 0 Å². The van der Waals surface area contributed by atoms with Crippen LogP contribution in [0.15, 0.2) is 0 Å². The van der Waals surface area contributed by atoms with E-state index in [4.69, 9.17) is 4.74 Å². The van der Waals surface area contributed by atoms with Gasteiger partial charge in [0.05, 0.1) is 12.7 Å². The molecule has 4 heteroatoms. The summed E-state index contributed by atoms with van der Waals surface area (Å²) in [5.74, 6) is 0.856. The first-order valence-electron chi connectivity index (χ1n) is 8.47. The van der Waals surface area contributed by atoms with Crippen molar-refractivity contribution in [2.75, 3.05) is 46.9 Å². The molecule has 20 heavy (non-hydrogen) atoms. The van der Waals surface area contributed by atoms with Gasteiger partial charge in [0.2, 0.25) is 0 Å². The largest absolute Gasteiger partial charge is 0.375 e. The monoisotopic (exact) mass is 281 g/mol. The van der Waals surface area contributed by atoms with Gasteiger partial charge < -0.3 is 15.0 Å². The SMILES string of the molecule is CN(C)C1CCC2C(C1)OCCN2CC1CCCNC1. The van der Waals surface area contributed by atoms with Crippen LogP contribution in [0.5, 0.6) is 0 Å². The molecule has 0 radical (unpaired) electrons. The average molecular weight is 281 g/mol. The van der Waals surface area contributed by atoms with Crippen molar-refractivity contribution in [1.29, 1.82) is 0 Å². The molecule has 0 amide bonds. The van der Waals surface area contributed by atoms with Crippen LogP contribution in [0, 0.1) is 5.92 Å². The Balaban J connectivity index is 1.56. The summed E-state index contributed by atoms with van der Waals surface area (Å²) in [6, 6.07) is 1.40. The number of morpholine rings is 1. The molecule has 2 aliphatic heterocycles. The van der Waals surface area contributed by atoms with Crippen molar-refractivity contribution in [3.63, 3.8) is 0 Å². The number of fused-ring (bicyclic) bond motifs is 1. The van der Waals surface area contributed by atoms with E-state index in [1.165, 1.54) is 51.7 Å². The lowest BCUT2D eigenvalue weighted by atomic mass is 9.85. The number of ether oxygens (including phenoxy) is 1. The van der Waals surface area contributed by atoms with Crippen molar-refractivity contribution < 1.29 is 4.74 Å². The molecule has 3 fully saturated rings. The zero-order chi connectivity index (χ0) is 13.9. The van der Waals surface area contributed by atoms with E-state index >= 15 is 0 Å². The Labute approximate surface area is 123 Å². The number of hydrogen-bond donors (Lipinski definition) is 1. The van der Waals surface area contributed by atoms with Crippen LogP contribution in [0.2, 0.25) is 0 Å². The highest BCUT2D eigenvalue weighted by atomic mass is 16.5. The molecule has 4 atom stereocenters. The van der Waals surface area contributed by atoms with Crippen LogP contribution < -0.4 is 5.32 Å². The van der Waals surface area contributed by atoms with Crippen LogP contribution in [-0.4, -0.2) is 74.9 Å². The van der Waals surface area contributed by atoms with Crippen LogP contribution >= 0.6 is 0 Å². The highest BCUT2D eigenvalue weighted by molar-refractivity contribution is 4.93. The van der Waals surface area contributed by atoms with Crippen LogP contribution in [0.25, 0.3) is 0 Å². The quantitative estimate of drug-likeness (QED) is 0.840. The molecule has 116 valence electrons. The van der Waals surface area contributed by atoms with Gasteiger partial charge in [0.25, 0.3) is 0 Å². The van der Waals surface area contributed by atoms with Crippen molar-refractivity contribution in [1.82, 2.24) is 15.1 Å². The summed E-state index contributed by atoms with van der Waals surface area (Å²) in [6.07, 6.45) is 7.09. The topological polar surface area (TPSA) is 27.7 Å². The number of hydrogen-bond acceptors (Lipinski definition) is 4. The molecule has 2 heterocycles. The summed E-state index contributed by atoms with van der Waals surface area (Å²) in [4.78, 5) is 5.13. The van der Waals surface area contributed by atoms with E-state index in [9.17, 15) is 0 Å². The Hall–Kier alpha value is -0.160. The first-order valence-corrected chi connectivity index (χ1v) is 8.47. The van der Waals surface area contributed by atoms with Gasteiger partial charge in [-0.2, -0.15) is 0 Å². The third-order valence-electron chi connectivity index (χ3n) is 5.53. The van der Waals surface area contributed by atoms with Gasteiger partial charge in [-0.25, -0.2) is 0 Å². The molecule has 0 aromatic heterocycles. The summed E-state index contributed by atoms with van der Waals surface area (Å²) in [6.45, 7) is 5.79. The Morgan fingerprint density at radius 1 is 1.25 bits per heavy atom. The minimum absolute atomic E-state index is 0.474. The summed E-state index contributed by atoms with van der Waals surface area (Å²) in [5.41, 5.74) is 0. The van der Waals surface area contributed by atoms with E-state index in [1.807, 2.05) is 0 Å². The van der Waals surface area contributed by atoms with Crippen molar-refractivity contribution in [3.05, 3.63) is 0 Å². The van der Waals surface area contributed by atoms with Gasteiger partial charge in [-0.05, 0) is 65.2 Å². The molecule has 4 nitrogen and oxygen atoms in total. The van der Waals surface area contributed by atoms with Crippen LogP contribution in [0.1, 0.15) is 32.1 Å². The summed E-state index contributed by atoms with van der Waals surface area (Å²) >= 11 is 0. The standard InChI is InChI=1S/C16H31N3O/c1-18(2)14-5-6-15-16(10-14)20-9-8-19(15)12-13-4-3-7-17-11-13/h13-17H,3-12H2,1-2H3. The normalized spacial score (nSPS) is 39.8. The van der Waals surface area contributed by atoms with Crippen LogP contribution in [-0.2, 0) is 4.74 Å². The molecule has 2 saturated heterocycles. The van der Waals surface area contributed by atoms with Gasteiger partial charge in [-0.1, -0.05) is 0 Å². The first kappa shape index (κ1) is 14.8. The second-order valence-electron chi connectivity index (χ2n) is 7.11. The van der Waals surface area contributed by atoms with Crippen molar-refractivity contribution in [2.24, 2.45) is 5.92 Å². The molecule has 1 N–H and O–H groups in total. The molecule has 1 aliphatic carbocycles. The van der Waals surface area contributed by atoms with Crippen molar-refractivity contribution in [3.8, 4) is 0 Å². The summed E-state index contributed by atoms with van der Waals surface area (Å²) < 4.78 is 6.10. The minimum atomic E-state index is 0.474. The maximum absolute atomic E-state index is 6.10. The Morgan fingerprint density at radius 3 is 2.90 bits per heavy atom. The fourth-order valence-corrected chi connectivity index (χ4v) is 4.28. The molecule has 3 aliphatic rings. The van der Waals surface area contributed by atoms with Crippen molar-refractivity contribution >= 4 is 0 Å². The maximum Gasteiger partial charge on any atom is 0.0745 e. The molecule has 1 saturated carbocycles. The minimum Gasteiger partial charge on any atom is -0.375 e. The summed E-state index contributed by atoms with van der Waals surface area (Å²) in [5, 5.41) is 3.55. The van der Waals surface area contributed by atoms with Gasteiger partial charge in [0.15, 0.2) is 0 Å². The zero-order valence-corrected chi connectivity index (χ0v) is 13.2. The third-order valence-corrected chi connectivity index (χ3v) is 5.53. The predicted molar refractivity (Wildman–Crippen MR) is 82.0 cm³/mol. The molecule has 3 rings (SSSR count). The van der Waals surface area contributed by atoms with Gasteiger partial charge >= 0.3 is 0 Å². The van der Waals surface area contributed by atoms with Gasteiger partial charge in [-0.15, -0.1) is 0 Å². The second-order valence-corrected chi connectivity index (χ2v) is 7.11. The van der Waals surface area contributed by atoms with Crippen molar-refractivity contribution in [2.45, 2.75) is 50.3 Å². The highest BCUT2D eigenvalue weighted by Gasteiger charge is 2.38. The number of nitrogens with one attached hydrogen (secondary N) is 1. The van der Waals surface area contributed by atoms with E-state index in [0.717, 1.165) is 19.1 Å². The molecule has 0 aromatic carbocycles. The zero-order valence-electron chi connectivity index (χ0n) is 13.2. The van der Waals surface area contributed by atoms with Crippen LogP contribution in [0.3, 0.4) is 0 Å². The Bertz CT molecular complexity index is 304. The lowest BCUT2D eigenvalue weighted by Gasteiger charge is -2.48. The average Bonchev–Trinajstić information content (AvgIpc) is 2.48. The van der Waals surface area contributed by atoms with Gasteiger partial charge in [-0.3, -0.25) is 4.90 Å². The Morgan fingerprint density at radius 2 is 2.15 bits per heavy atom. The summed E-state index contributed by atoms with van der Waals surface area (Å²) in [7, 11) is 4.42. The van der Waals surface area contributed by atoms with E-state index in [0.29, 0.717) is 18.2 Å². The van der Waals surface area contributed by atoms with Gasteiger partial charge in [0, 0.05) is 25.2 Å². The number of piperidine rings is 1. The number of rotatable bonds is 3. The third kappa shape index (κ3) is 3.35. The molecule has 0 aromatic rings. The fourth-order valence-electron chi connectivity index (χ4n) is 4.28. The molecule has 4 unspecified atom stereocenters. The first-order chi connectivity index (χ1) is 9.74. The fraction of sp³-hybridized carbons (Fsp3) is 1.00. The molecule has 0 bridgehead atoms. The highest BCUT2D eigenvalue weighted by Crippen LogP contribution is 2.31. The second kappa shape index (κ2) is 6.73.